The minimum absolute atomic E-state index is 0.0264. The number of esters is 1. The van der Waals surface area contributed by atoms with Crippen LogP contribution in [-0.4, -0.2) is 19.4 Å². The van der Waals surface area contributed by atoms with E-state index in [4.69, 9.17) is 9.15 Å². The Morgan fingerprint density at radius 2 is 2.28 bits per heavy atom. The lowest BCUT2D eigenvalue weighted by Gasteiger charge is -2.56. The van der Waals surface area contributed by atoms with Crippen LogP contribution in [0.5, 0.6) is 0 Å². The average molecular weight is 344 g/mol. The number of methoxy groups -OCH3 is 1. The summed E-state index contributed by atoms with van der Waals surface area (Å²) in [4.78, 5) is 25.0. The predicted octanol–water partition coefficient (Wildman–Crippen LogP) is 4.34. The van der Waals surface area contributed by atoms with Crippen LogP contribution in [0.2, 0.25) is 0 Å². The van der Waals surface area contributed by atoms with Crippen molar-refractivity contribution < 1.29 is 18.7 Å². The van der Waals surface area contributed by atoms with E-state index in [1.165, 1.54) is 7.11 Å². The molecular formula is C21H28O4. The van der Waals surface area contributed by atoms with Gasteiger partial charge < -0.3 is 13.9 Å². The molecule has 2 saturated carbocycles. The third-order valence-electron chi connectivity index (χ3n) is 6.79. The van der Waals surface area contributed by atoms with E-state index in [2.05, 4.69) is 6.58 Å². The van der Waals surface area contributed by atoms with Crippen molar-refractivity contribution in [3.05, 3.63) is 36.3 Å². The third-order valence-corrected chi connectivity index (χ3v) is 6.79. The van der Waals surface area contributed by atoms with Crippen molar-refractivity contribution in [1.29, 1.82) is 0 Å². The molecule has 0 spiro atoms. The van der Waals surface area contributed by atoms with Gasteiger partial charge in [0.15, 0.2) is 0 Å². The molecule has 0 aromatic carbocycles. The summed E-state index contributed by atoms with van der Waals surface area (Å²) in [5.41, 5.74) is 1.21. The van der Waals surface area contributed by atoms with Gasteiger partial charge in [-0.05, 0) is 68.9 Å². The molecule has 0 saturated heterocycles. The number of aldehydes is 1. The molecule has 136 valence electrons. The van der Waals surface area contributed by atoms with Crippen LogP contribution in [0.4, 0.5) is 0 Å². The Hall–Kier alpha value is -1.84. The second-order valence-corrected chi connectivity index (χ2v) is 7.97. The molecule has 0 radical (unpaired) electrons. The summed E-state index contributed by atoms with van der Waals surface area (Å²) in [6.07, 6.45) is 10.5. The fraction of sp³-hybridized carbons (Fsp3) is 0.619. The highest BCUT2D eigenvalue weighted by Crippen LogP contribution is 2.61. The molecular weight excluding hydrogens is 316 g/mol. The highest BCUT2D eigenvalue weighted by atomic mass is 16.5. The van der Waals surface area contributed by atoms with Crippen molar-refractivity contribution in [2.75, 3.05) is 7.11 Å². The first-order chi connectivity index (χ1) is 12.0. The van der Waals surface area contributed by atoms with Gasteiger partial charge in [-0.15, -0.1) is 0 Å². The second kappa shape index (κ2) is 6.81. The molecule has 3 rings (SSSR count). The molecule has 0 aliphatic heterocycles. The Kier molecular flexibility index (Phi) is 4.90. The number of carbonyl (C=O) groups is 2. The SMILES string of the molecule is C=C1CC[C@@H]2[C@](C=O)(CCC[C@]2(C)C(=O)OC)[C@H]1CCc1ccoc1. The molecule has 1 heterocycles. The second-order valence-electron chi connectivity index (χ2n) is 7.97. The molecule has 0 N–H and O–H groups in total. The number of allylic oxidation sites excluding steroid dienone is 1. The summed E-state index contributed by atoms with van der Waals surface area (Å²) < 4.78 is 10.3. The molecule has 4 heteroatoms. The minimum Gasteiger partial charge on any atom is -0.472 e. The first kappa shape index (κ1) is 18.0. The van der Waals surface area contributed by atoms with Gasteiger partial charge in [-0.25, -0.2) is 0 Å². The van der Waals surface area contributed by atoms with Crippen molar-refractivity contribution in [2.24, 2.45) is 22.7 Å². The van der Waals surface area contributed by atoms with Gasteiger partial charge in [0.05, 0.1) is 25.1 Å². The molecule has 0 amide bonds. The molecule has 1 aromatic rings. The number of hydrogen-bond acceptors (Lipinski definition) is 4. The summed E-state index contributed by atoms with van der Waals surface area (Å²) in [6.45, 7) is 6.28. The lowest BCUT2D eigenvalue weighted by atomic mass is 9.46. The van der Waals surface area contributed by atoms with Crippen molar-refractivity contribution in [2.45, 2.75) is 51.9 Å². The van der Waals surface area contributed by atoms with Crippen LogP contribution in [0, 0.1) is 22.7 Å². The van der Waals surface area contributed by atoms with Gasteiger partial charge in [-0.2, -0.15) is 0 Å². The Morgan fingerprint density at radius 1 is 1.48 bits per heavy atom. The van der Waals surface area contributed by atoms with Gasteiger partial charge in [0.2, 0.25) is 0 Å². The normalized spacial score (nSPS) is 35.0. The number of carbonyl (C=O) groups excluding carboxylic acids is 2. The van der Waals surface area contributed by atoms with Crippen LogP contribution in [-0.2, 0) is 20.7 Å². The van der Waals surface area contributed by atoms with Gasteiger partial charge in [0.1, 0.15) is 6.29 Å². The summed E-state index contributed by atoms with van der Waals surface area (Å²) in [5.74, 6) is -0.0361. The largest absolute Gasteiger partial charge is 0.472 e. The standard InChI is InChI=1S/C21H28O4/c1-15-5-8-18-20(2,19(23)24-3)10-4-11-21(18,14-22)17(15)7-6-16-9-12-25-13-16/h9,12-14,17-18H,1,4-8,10-11H2,2-3H3/t17-,18-,20-,21-/m0/s1. The van der Waals surface area contributed by atoms with Crippen molar-refractivity contribution in [3.63, 3.8) is 0 Å². The fourth-order valence-electron chi connectivity index (χ4n) is 5.51. The van der Waals surface area contributed by atoms with Crippen LogP contribution in [0.15, 0.2) is 35.2 Å². The maximum Gasteiger partial charge on any atom is 0.311 e. The molecule has 2 fully saturated rings. The van der Waals surface area contributed by atoms with Gasteiger partial charge in [0.25, 0.3) is 0 Å². The molecule has 2 aliphatic rings. The van der Waals surface area contributed by atoms with Crippen LogP contribution in [0.25, 0.3) is 0 Å². The lowest BCUT2D eigenvalue weighted by Crippen LogP contribution is -2.55. The van der Waals surface area contributed by atoms with Gasteiger partial charge in [-0.3, -0.25) is 4.79 Å². The zero-order valence-corrected chi connectivity index (χ0v) is 15.3. The third kappa shape index (κ3) is 2.86. The maximum atomic E-state index is 12.6. The molecule has 4 atom stereocenters. The molecule has 0 unspecified atom stereocenters. The number of ether oxygens (including phenoxy) is 1. The molecule has 0 bridgehead atoms. The van der Waals surface area contributed by atoms with Crippen LogP contribution in [0.1, 0.15) is 51.0 Å². The predicted molar refractivity (Wildman–Crippen MR) is 94.9 cm³/mol. The lowest BCUT2D eigenvalue weighted by molar-refractivity contribution is -0.169. The first-order valence-corrected chi connectivity index (χ1v) is 9.21. The maximum absolute atomic E-state index is 12.6. The fourth-order valence-corrected chi connectivity index (χ4v) is 5.51. The van der Waals surface area contributed by atoms with Crippen molar-refractivity contribution in [1.82, 2.24) is 0 Å². The average Bonchev–Trinajstić information content (AvgIpc) is 3.13. The number of fused-ring (bicyclic) bond motifs is 1. The zero-order valence-electron chi connectivity index (χ0n) is 15.3. The smallest absolute Gasteiger partial charge is 0.311 e. The van der Waals surface area contributed by atoms with Crippen molar-refractivity contribution >= 4 is 12.3 Å². The summed E-state index contributed by atoms with van der Waals surface area (Å²) in [5, 5.41) is 0. The van der Waals surface area contributed by atoms with E-state index in [1.807, 2.05) is 13.0 Å². The van der Waals surface area contributed by atoms with E-state index in [0.717, 1.165) is 62.4 Å². The molecule has 2 aliphatic carbocycles. The minimum atomic E-state index is -0.581. The Morgan fingerprint density at radius 3 is 2.92 bits per heavy atom. The van der Waals surface area contributed by atoms with Crippen molar-refractivity contribution in [3.8, 4) is 0 Å². The Labute approximate surface area is 149 Å². The van der Waals surface area contributed by atoms with Gasteiger partial charge in [0, 0.05) is 5.41 Å². The van der Waals surface area contributed by atoms with E-state index in [-0.39, 0.29) is 17.8 Å². The zero-order chi connectivity index (χ0) is 18.1. The monoisotopic (exact) mass is 344 g/mol. The highest BCUT2D eigenvalue weighted by molar-refractivity contribution is 5.79. The quantitative estimate of drug-likeness (QED) is 0.453. The Balaban J connectivity index is 1.93. The van der Waals surface area contributed by atoms with E-state index >= 15 is 0 Å². The summed E-state index contributed by atoms with van der Waals surface area (Å²) in [7, 11) is 1.45. The Bertz CT molecular complexity index is 647. The van der Waals surface area contributed by atoms with Crippen LogP contribution >= 0.6 is 0 Å². The van der Waals surface area contributed by atoms with Crippen LogP contribution in [0.3, 0.4) is 0 Å². The number of furan rings is 1. The van der Waals surface area contributed by atoms with E-state index in [1.54, 1.807) is 12.5 Å². The molecule has 1 aromatic heterocycles. The first-order valence-electron chi connectivity index (χ1n) is 9.21. The number of aryl methyl sites for hydroxylation is 1. The molecule has 4 nitrogen and oxygen atoms in total. The number of rotatable bonds is 5. The van der Waals surface area contributed by atoms with Crippen LogP contribution < -0.4 is 0 Å². The van der Waals surface area contributed by atoms with Gasteiger partial charge >= 0.3 is 5.97 Å². The van der Waals surface area contributed by atoms with Gasteiger partial charge in [-0.1, -0.05) is 18.6 Å². The topological polar surface area (TPSA) is 56.5 Å². The van der Waals surface area contributed by atoms with E-state index < -0.39 is 10.8 Å². The van der Waals surface area contributed by atoms with E-state index in [0.29, 0.717) is 0 Å². The number of hydrogen-bond donors (Lipinski definition) is 0. The van der Waals surface area contributed by atoms with E-state index in [9.17, 15) is 9.59 Å². The summed E-state index contributed by atoms with van der Waals surface area (Å²) in [6, 6.07) is 1.97. The highest BCUT2D eigenvalue weighted by Gasteiger charge is 2.60. The molecule has 25 heavy (non-hydrogen) atoms. The summed E-state index contributed by atoms with van der Waals surface area (Å²) >= 11 is 0.